The van der Waals surface area contributed by atoms with Gasteiger partial charge in [-0.25, -0.2) is 4.79 Å². The summed E-state index contributed by atoms with van der Waals surface area (Å²) in [5.41, 5.74) is 2.06. The number of carbonyl (C=O) groups excluding carboxylic acids is 1. The second-order valence-electron chi connectivity index (χ2n) is 6.73. The number of aromatic nitrogens is 1. The summed E-state index contributed by atoms with van der Waals surface area (Å²) in [6.07, 6.45) is 3.88. The summed E-state index contributed by atoms with van der Waals surface area (Å²) in [7, 11) is 4.04. The quantitative estimate of drug-likeness (QED) is 0.943. The van der Waals surface area contributed by atoms with Gasteiger partial charge in [-0.05, 0) is 57.6 Å². The Hall–Kier alpha value is -2.14. The molecule has 3 rings (SSSR count). The molecule has 1 aromatic heterocycles. The molecule has 0 radical (unpaired) electrons. The van der Waals surface area contributed by atoms with Gasteiger partial charge in [0.1, 0.15) is 0 Å². The summed E-state index contributed by atoms with van der Waals surface area (Å²) in [4.78, 5) is 21.2. The van der Waals surface area contributed by atoms with E-state index in [1.54, 1.807) is 6.20 Å². The molecule has 1 aliphatic heterocycles. The number of nitrogens with zero attached hydrogens (tertiary/aromatic N) is 3. The van der Waals surface area contributed by atoms with Gasteiger partial charge in [0, 0.05) is 24.7 Å². The highest BCUT2D eigenvalue weighted by atomic mass is 16.2. The third-order valence-corrected chi connectivity index (χ3v) is 5.05. The summed E-state index contributed by atoms with van der Waals surface area (Å²) in [5, 5.41) is 4.23. The number of piperidine rings is 1. The van der Waals surface area contributed by atoms with E-state index >= 15 is 0 Å². The lowest BCUT2D eigenvalue weighted by molar-refractivity contribution is 0.146. The van der Waals surface area contributed by atoms with Crippen LogP contribution in [0.2, 0.25) is 0 Å². The van der Waals surface area contributed by atoms with Crippen molar-refractivity contribution in [1.82, 2.24) is 20.1 Å². The lowest BCUT2D eigenvalue weighted by atomic mass is 10.0. The highest BCUT2D eigenvalue weighted by molar-refractivity contribution is 5.83. The lowest BCUT2D eigenvalue weighted by Gasteiger charge is -2.35. The predicted octanol–water partition coefficient (Wildman–Crippen LogP) is 3.03. The molecule has 2 aromatic rings. The largest absolute Gasteiger partial charge is 0.331 e. The van der Waals surface area contributed by atoms with Crippen LogP contribution in [-0.2, 0) is 0 Å². The van der Waals surface area contributed by atoms with E-state index in [0.29, 0.717) is 6.04 Å². The molecular formula is C19H26N4O. The summed E-state index contributed by atoms with van der Waals surface area (Å²) in [6, 6.07) is 10.3. The molecule has 1 fully saturated rings. The first kappa shape index (κ1) is 16.7. The average Bonchev–Trinajstić information content (AvgIpc) is 2.61. The molecule has 5 heteroatoms. The minimum atomic E-state index is -0.0564. The number of para-hydroxylation sites is 1. The zero-order chi connectivity index (χ0) is 17.1. The van der Waals surface area contributed by atoms with E-state index in [2.05, 4.69) is 28.3 Å². The lowest BCUT2D eigenvalue weighted by Crippen LogP contribution is -2.48. The van der Waals surface area contributed by atoms with Crippen molar-refractivity contribution in [2.45, 2.75) is 31.8 Å². The van der Waals surface area contributed by atoms with Crippen LogP contribution in [0, 0.1) is 0 Å². The number of carbonyl (C=O) groups is 1. The molecule has 0 spiro atoms. The Morgan fingerprint density at radius 3 is 2.75 bits per heavy atom. The first-order valence-electron chi connectivity index (χ1n) is 8.62. The molecule has 1 N–H and O–H groups in total. The molecule has 0 saturated carbocycles. The van der Waals surface area contributed by atoms with E-state index in [-0.39, 0.29) is 12.1 Å². The summed E-state index contributed by atoms with van der Waals surface area (Å²) in [5.74, 6) is 0. The number of likely N-dealkylation sites (tertiary alicyclic amines) is 1. The summed E-state index contributed by atoms with van der Waals surface area (Å²) in [6.45, 7) is 4.13. The van der Waals surface area contributed by atoms with Crippen LogP contribution in [0.5, 0.6) is 0 Å². The van der Waals surface area contributed by atoms with Gasteiger partial charge in [-0.3, -0.25) is 4.98 Å². The zero-order valence-electron chi connectivity index (χ0n) is 14.7. The van der Waals surface area contributed by atoms with Crippen LogP contribution in [-0.4, -0.2) is 54.0 Å². The summed E-state index contributed by atoms with van der Waals surface area (Å²) >= 11 is 0. The van der Waals surface area contributed by atoms with Gasteiger partial charge in [0.05, 0.1) is 11.6 Å². The molecule has 0 bridgehead atoms. The predicted molar refractivity (Wildman–Crippen MR) is 97.0 cm³/mol. The number of benzene rings is 1. The molecule has 1 aromatic carbocycles. The van der Waals surface area contributed by atoms with Gasteiger partial charge in [-0.2, -0.15) is 0 Å². The van der Waals surface area contributed by atoms with E-state index in [4.69, 9.17) is 0 Å². The molecule has 1 saturated heterocycles. The molecule has 2 amide bonds. The second-order valence-corrected chi connectivity index (χ2v) is 6.73. The van der Waals surface area contributed by atoms with Crippen molar-refractivity contribution in [2.24, 2.45) is 0 Å². The normalized spacial score (nSPS) is 17.6. The van der Waals surface area contributed by atoms with E-state index in [9.17, 15) is 4.79 Å². The highest BCUT2D eigenvalue weighted by Gasteiger charge is 2.25. The topological polar surface area (TPSA) is 48.5 Å². The van der Waals surface area contributed by atoms with Crippen LogP contribution in [0.4, 0.5) is 4.79 Å². The van der Waals surface area contributed by atoms with Crippen molar-refractivity contribution in [3.63, 3.8) is 0 Å². The number of pyridine rings is 1. The fraction of sp³-hybridized carbons (Fsp3) is 0.474. The van der Waals surface area contributed by atoms with Gasteiger partial charge in [0.25, 0.3) is 0 Å². The average molecular weight is 326 g/mol. The Labute approximate surface area is 143 Å². The number of hydrogen-bond acceptors (Lipinski definition) is 3. The Kier molecular flexibility index (Phi) is 5.00. The van der Waals surface area contributed by atoms with E-state index in [0.717, 1.165) is 42.4 Å². The summed E-state index contributed by atoms with van der Waals surface area (Å²) < 4.78 is 0. The number of rotatable bonds is 3. The third kappa shape index (κ3) is 3.51. The van der Waals surface area contributed by atoms with Gasteiger partial charge in [-0.15, -0.1) is 0 Å². The molecule has 1 unspecified atom stereocenters. The van der Waals surface area contributed by atoms with Crippen LogP contribution in [0.15, 0.2) is 36.5 Å². The van der Waals surface area contributed by atoms with Crippen molar-refractivity contribution in [3.8, 4) is 0 Å². The Morgan fingerprint density at radius 1 is 1.29 bits per heavy atom. The van der Waals surface area contributed by atoms with Crippen LogP contribution in [0.1, 0.15) is 31.4 Å². The maximum atomic E-state index is 12.6. The Balaban J connectivity index is 1.69. The first-order chi connectivity index (χ1) is 11.6. The van der Waals surface area contributed by atoms with Crippen LogP contribution >= 0.6 is 0 Å². The van der Waals surface area contributed by atoms with Crippen LogP contribution in [0.25, 0.3) is 10.9 Å². The smallest absolute Gasteiger partial charge is 0.317 e. The molecule has 24 heavy (non-hydrogen) atoms. The van der Waals surface area contributed by atoms with Gasteiger partial charge >= 0.3 is 6.03 Å². The molecule has 5 nitrogen and oxygen atoms in total. The Morgan fingerprint density at radius 2 is 2.00 bits per heavy atom. The standard InChI is InChI=1S/C19H26N4O/c1-14(16-8-11-20-18-7-5-4-6-17(16)18)21-19(24)23(3)15-9-12-22(2)13-10-15/h4-8,11,14-15H,9-10,12-13H2,1-3H3,(H,21,24). The fourth-order valence-electron chi connectivity index (χ4n) is 3.41. The molecule has 1 aliphatic rings. The maximum Gasteiger partial charge on any atom is 0.317 e. The molecular weight excluding hydrogens is 300 g/mol. The number of nitrogens with one attached hydrogen (secondary N) is 1. The van der Waals surface area contributed by atoms with Gasteiger partial charge in [0.2, 0.25) is 0 Å². The highest BCUT2D eigenvalue weighted by Crippen LogP contribution is 2.23. The van der Waals surface area contributed by atoms with Crippen molar-refractivity contribution in [2.75, 3.05) is 27.2 Å². The van der Waals surface area contributed by atoms with Crippen molar-refractivity contribution in [3.05, 3.63) is 42.1 Å². The monoisotopic (exact) mass is 326 g/mol. The fourth-order valence-corrected chi connectivity index (χ4v) is 3.41. The van der Waals surface area contributed by atoms with E-state index in [1.165, 1.54) is 0 Å². The van der Waals surface area contributed by atoms with Crippen LogP contribution < -0.4 is 5.32 Å². The third-order valence-electron chi connectivity index (χ3n) is 5.05. The molecule has 0 aliphatic carbocycles. The number of hydrogen-bond donors (Lipinski definition) is 1. The molecule has 128 valence electrons. The Bertz CT molecular complexity index is 704. The number of amides is 2. The number of urea groups is 1. The van der Waals surface area contributed by atoms with Gasteiger partial charge in [-0.1, -0.05) is 18.2 Å². The zero-order valence-corrected chi connectivity index (χ0v) is 14.7. The maximum absolute atomic E-state index is 12.6. The minimum Gasteiger partial charge on any atom is -0.331 e. The van der Waals surface area contributed by atoms with Crippen molar-refractivity contribution in [1.29, 1.82) is 0 Å². The van der Waals surface area contributed by atoms with E-state index < -0.39 is 0 Å². The molecule has 2 heterocycles. The SMILES string of the molecule is CC(NC(=O)N(C)C1CCN(C)CC1)c1ccnc2ccccc12. The van der Waals surface area contributed by atoms with Gasteiger partial charge < -0.3 is 15.1 Å². The van der Waals surface area contributed by atoms with Crippen molar-refractivity contribution >= 4 is 16.9 Å². The van der Waals surface area contributed by atoms with Crippen molar-refractivity contribution < 1.29 is 4.79 Å². The second kappa shape index (κ2) is 7.18. The van der Waals surface area contributed by atoms with E-state index in [1.807, 2.05) is 43.1 Å². The molecule has 1 atom stereocenters. The first-order valence-corrected chi connectivity index (χ1v) is 8.62. The number of fused-ring (bicyclic) bond motifs is 1. The van der Waals surface area contributed by atoms with Gasteiger partial charge in [0.15, 0.2) is 0 Å². The minimum absolute atomic E-state index is 0.00190. The van der Waals surface area contributed by atoms with Crippen LogP contribution in [0.3, 0.4) is 0 Å².